The predicted octanol–water partition coefficient (Wildman–Crippen LogP) is 7.12. The number of halogens is 1. The summed E-state index contributed by atoms with van der Waals surface area (Å²) in [6.07, 6.45) is 0.247. The summed E-state index contributed by atoms with van der Waals surface area (Å²) >= 11 is 3.52. The molecule has 0 radical (unpaired) electrons. The number of hydrogen-bond donors (Lipinski definition) is 1. The zero-order chi connectivity index (χ0) is 33.6. The molecular weight excluding hydrogens is 662 g/mol. The van der Waals surface area contributed by atoms with Gasteiger partial charge in [0.25, 0.3) is 10.0 Å². The van der Waals surface area contributed by atoms with Gasteiger partial charge in [-0.15, -0.1) is 0 Å². The van der Waals surface area contributed by atoms with E-state index in [1.165, 1.54) is 4.90 Å². The van der Waals surface area contributed by atoms with Crippen molar-refractivity contribution in [1.29, 1.82) is 0 Å². The number of carbonyl (C=O) groups excluding carboxylic acids is 2. The van der Waals surface area contributed by atoms with Crippen LogP contribution >= 0.6 is 15.9 Å². The van der Waals surface area contributed by atoms with Crippen LogP contribution in [0.25, 0.3) is 0 Å². The summed E-state index contributed by atoms with van der Waals surface area (Å²) in [6.45, 7) is 10.9. The fourth-order valence-corrected chi connectivity index (χ4v) is 7.14. The molecule has 4 aromatic rings. The summed E-state index contributed by atoms with van der Waals surface area (Å²) < 4.78 is 30.6. The van der Waals surface area contributed by atoms with Crippen molar-refractivity contribution in [3.63, 3.8) is 0 Å². The van der Waals surface area contributed by atoms with E-state index in [1.54, 1.807) is 36.4 Å². The average molecular weight is 705 g/mol. The highest BCUT2D eigenvalue weighted by Crippen LogP contribution is 2.27. The Morgan fingerprint density at radius 1 is 0.783 bits per heavy atom. The minimum Gasteiger partial charge on any atom is -0.350 e. The Kier molecular flexibility index (Phi) is 11.1. The number of amides is 2. The van der Waals surface area contributed by atoms with Crippen LogP contribution in [-0.2, 0) is 32.6 Å². The predicted molar refractivity (Wildman–Crippen MR) is 188 cm³/mol. The highest BCUT2D eigenvalue weighted by Gasteiger charge is 2.35. The van der Waals surface area contributed by atoms with E-state index in [-0.39, 0.29) is 23.8 Å². The van der Waals surface area contributed by atoms with E-state index in [2.05, 4.69) is 21.2 Å². The quantitative estimate of drug-likeness (QED) is 0.180. The van der Waals surface area contributed by atoms with E-state index >= 15 is 0 Å². The summed E-state index contributed by atoms with van der Waals surface area (Å²) in [5, 5.41) is 3.06. The lowest BCUT2D eigenvalue weighted by molar-refractivity contribution is -0.140. The molecule has 1 atom stereocenters. The fourth-order valence-electron chi connectivity index (χ4n) is 5.30. The smallest absolute Gasteiger partial charge is 0.264 e. The zero-order valence-corrected chi connectivity index (χ0v) is 29.7. The van der Waals surface area contributed by atoms with Gasteiger partial charge in [0.1, 0.15) is 12.6 Å². The Morgan fingerprint density at radius 3 is 1.98 bits per heavy atom. The summed E-state index contributed by atoms with van der Waals surface area (Å²) in [7, 11) is -4.17. The molecule has 0 aliphatic carbocycles. The van der Waals surface area contributed by atoms with Gasteiger partial charge in [-0.3, -0.25) is 13.9 Å². The van der Waals surface area contributed by atoms with Crippen LogP contribution in [0.15, 0.2) is 106 Å². The Morgan fingerprint density at radius 2 is 1.39 bits per heavy atom. The zero-order valence-electron chi connectivity index (χ0n) is 27.2. The monoisotopic (exact) mass is 703 g/mol. The lowest BCUT2D eigenvalue weighted by Crippen LogP contribution is -2.56. The molecule has 0 heterocycles. The molecule has 1 N–H and O–H groups in total. The highest BCUT2D eigenvalue weighted by atomic mass is 79.9. The normalized spacial score (nSPS) is 12.3. The Bertz CT molecular complexity index is 1770. The lowest BCUT2D eigenvalue weighted by Gasteiger charge is -2.35. The number of carbonyl (C=O) groups is 2. The average Bonchev–Trinajstić information content (AvgIpc) is 2.97. The van der Waals surface area contributed by atoms with Gasteiger partial charge in [0, 0.05) is 23.0 Å². The molecule has 0 spiro atoms. The molecular formula is C37H42BrN3O4S. The van der Waals surface area contributed by atoms with Gasteiger partial charge in [0.2, 0.25) is 11.8 Å². The van der Waals surface area contributed by atoms with E-state index in [0.717, 1.165) is 36.6 Å². The molecule has 7 nitrogen and oxygen atoms in total. The SMILES string of the molecule is Cc1ccc(S(=O)(=O)N(CC(=O)N(Cc2cccc(Br)c2)C(Cc2ccccc2)C(=O)NC(C)(C)C)c2cc(C)cc(C)c2)cc1. The van der Waals surface area contributed by atoms with Crippen LogP contribution in [0.4, 0.5) is 5.69 Å². The first-order chi connectivity index (χ1) is 21.6. The molecule has 9 heteroatoms. The number of benzene rings is 4. The molecule has 4 rings (SSSR count). The molecule has 2 amide bonds. The number of hydrogen-bond acceptors (Lipinski definition) is 4. The van der Waals surface area contributed by atoms with Gasteiger partial charge in [0.05, 0.1) is 10.6 Å². The van der Waals surface area contributed by atoms with Crippen molar-refractivity contribution in [2.45, 2.75) is 71.0 Å². The molecule has 0 saturated heterocycles. The molecule has 1 unspecified atom stereocenters. The van der Waals surface area contributed by atoms with Crippen LogP contribution in [-0.4, -0.2) is 43.3 Å². The second kappa shape index (κ2) is 14.6. The highest BCUT2D eigenvalue weighted by molar-refractivity contribution is 9.10. The first-order valence-corrected chi connectivity index (χ1v) is 17.4. The van der Waals surface area contributed by atoms with E-state index < -0.39 is 34.1 Å². The van der Waals surface area contributed by atoms with Crippen LogP contribution in [0.2, 0.25) is 0 Å². The van der Waals surface area contributed by atoms with Crippen molar-refractivity contribution < 1.29 is 18.0 Å². The molecule has 4 aromatic carbocycles. The minimum absolute atomic E-state index is 0.0786. The maximum atomic E-state index is 14.6. The number of sulfonamides is 1. The third-order valence-corrected chi connectivity index (χ3v) is 9.67. The topological polar surface area (TPSA) is 86.8 Å². The van der Waals surface area contributed by atoms with Crippen LogP contribution in [0.1, 0.15) is 48.6 Å². The van der Waals surface area contributed by atoms with Gasteiger partial charge in [-0.2, -0.15) is 0 Å². The first-order valence-electron chi connectivity index (χ1n) is 15.2. The van der Waals surface area contributed by atoms with Gasteiger partial charge in [-0.1, -0.05) is 82.2 Å². The van der Waals surface area contributed by atoms with Gasteiger partial charge in [0.15, 0.2) is 0 Å². The fraction of sp³-hybridized carbons (Fsp3) is 0.297. The van der Waals surface area contributed by atoms with Gasteiger partial charge >= 0.3 is 0 Å². The van der Waals surface area contributed by atoms with E-state index in [0.29, 0.717) is 5.69 Å². The van der Waals surface area contributed by atoms with Crippen molar-refractivity contribution in [3.05, 3.63) is 129 Å². The number of aryl methyl sites for hydroxylation is 3. The van der Waals surface area contributed by atoms with Crippen LogP contribution in [0, 0.1) is 20.8 Å². The Balaban J connectivity index is 1.84. The molecule has 0 bridgehead atoms. The van der Waals surface area contributed by atoms with Gasteiger partial charge in [-0.05, 0) is 100 Å². The molecule has 242 valence electrons. The van der Waals surface area contributed by atoms with Crippen LogP contribution < -0.4 is 9.62 Å². The number of nitrogens with zero attached hydrogens (tertiary/aromatic N) is 2. The van der Waals surface area contributed by atoms with E-state index in [1.807, 2.05) is 102 Å². The van der Waals surface area contributed by atoms with Crippen molar-refractivity contribution in [1.82, 2.24) is 10.2 Å². The summed E-state index contributed by atoms with van der Waals surface area (Å²) in [4.78, 5) is 30.3. The summed E-state index contributed by atoms with van der Waals surface area (Å²) in [6, 6.07) is 28.2. The van der Waals surface area contributed by atoms with E-state index in [4.69, 9.17) is 0 Å². The molecule has 0 aromatic heterocycles. The van der Waals surface area contributed by atoms with E-state index in [9.17, 15) is 18.0 Å². The van der Waals surface area contributed by atoms with Crippen molar-refractivity contribution >= 4 is 43.5 Å². The minimum atomic E-state index is -4.17. The Hall–Kier alpha value is -3.95. The van der Waals surface area contributed by atoms with Crippen molar-refractivity contribution in [2.75, 3.05) is 10.8 Å². The maximum absolute atomic E-state index is 14.6. The summed E-state index contributed by atoms with van der Waals surface area (Å²) in [5.74, 6) is -0.821. The Labute approximate surface area is 281 Å². The molecule has 0 aliphatic rings. The van der Waals surface area contributed by atoms with Crippen molar-refractivity contribution in [3.8, 4) is 0 Å². The number of anilines is 1. The lowest BCUT2D eigenvalue weighted by atomic mass is 10.0. The number of rotatable bonds is 11. The third-order valence-electron chi connectivity index (χ3n) is 7.39. The second-order valence-corrected chi connectivity index (χ2v) is 15.5. The standard InChI is InChI=1S/C37H42BrN3O4S/c1-26-15-17-33(18-16-26)46(44,45)41(32-20-27(2)19-28(3)21-32)25-35(42)40(24-30-13-10-14-31(38)22-30)34(36(43)39-37(4,5)6)23-29-11-8-7-9-12-29/h7-22,34H,23-25H2,1-6H3,(H,39,43). The summed E-state index contributed by atoms with van der Waals surface area (Å²) in [5.41, 5.74) is 4.14. The molecule has 0 saturated carbocycles. The van der Waals surface area contributed by atoms with Crippen LogP contribution in [0.5, 0.6) is 0 Å². The van der Waals surface area contributed by atoms with Crippen LogP contribution in [0.3, 0.4) is 0 Å². The third kappa shape index (κ3) is 9.30. The maximum Gasteiger partial charge on any atom is 0.264 e. The van der Waals surface area contributed by atoms with Gasteiger partial charge in [-0.25, -0.2) is 8.42 Å². The van der Waals surface area contributed by atoms with Gasteiger partial charge < -0.3 is 10.2 Å². The molecule has 46 heavy (non-hydrogen) atoms. The number of nitrogens with one attached hydrogen (secondary N) is 1. The first kappa shape index (κ1) is 34.9. The molecule has 0 aliphatic heterocycles. The largest absolute Gasteiger partial charge is 0.350 e. The second-order valence-electron chi connectivity index (χ2n) is 12.8. The van der Waals surface area contributed by atoms with Crippen molar-refractivity contribution in [2.24, 2.45) is 0 Å². The molecule has 0 fully saturated rings.